The second-order valence-electron chi connectivity index (χ2n) is 4.52. The molecule has 1 saturated heterocycles. The predicted molar refractivity (Wildman–Crippen MR) is 77.6 cm³/mol. The second-order valence-corrected chi connectivity index (χ2v) is 8.83. The van der Waals surface area contributed by atoms with Crippen molar-refractivity contribution in [2.75, 3.05) is 13.1 Å². The lowest BCUT2D eigenvalue weighted by atomic mass is 10.1. The summed E-state index contributed by atoms with van der Waals surface area (Å²) in [5.74, 6) is 0. The fourth-order valence-corrected chi connectivity index (χ4v) is 5.53. The van der Waals surface area contributed by atoms with E-state index in [1.54, 1.807) is 6.07 Å². The Hall–Kier alpha value is 0.0500. The molecule has 1 atom stereocenters. The molecule has 1 unspecified atom stereocenters. The molecule has 1 aliphatic heterocycles. The van der Waals surface area contributed by atoms with Crippen molar-refractivity contribution < 1.29 is 8.42 Å². The quantitative estimate of drug-likeness (QED) is 0.876. The van der Waals surface area contributed by atoms with Crippen LogP contribution in [0.3, 0.4) is 0 Å². The van der Waals surface area contributed by atoms with Gasteiger partial charge in [0.1, 0.15) is 4.21 Å². The Morgan fingerprint density at radius 3 is 2.89 bits per heavy atom. The summed E-state index contributed by atoms with van der Waals surface area (Å²) in [7, 11) is -3.37. The van der Waals surface area contributed by atoms with Crippen molar-refractivity contribution >= 4 is 37.3 Å². The van der Waals surface area contributed by atoms with Gasteiger partial charge in [-0.25, -0.2) is 13.1 Å². The number of rotatable bonds is 3. The molecule has 1 aliphatic rings. The number of hydrogen-bond donors (Lipinski definition) is 2. The molecular formula is C11H17BrN2O2S2. The molecule has 2 N–H and O–H groups in total. The van der Waals surface area contributed by atoms with E-state index in [4.69, 9.17) is 0 Å². The van der Waals surface area contributed by atoms with Gasteiger partial charge in [-0.1, -0.05) is 0 Å². The lowest BCUT2D eigenvalue weighted by molar-refractivity contribution is 0.519. The fourth-order valence-electron chi connectivity index (χ4n) is 1.98. The van der Waals surface area contributed by atoms with Crippen molar-refractivity contribution in [1.29, 1.82) is 0 Å². The Morgan fingerprint density at radius 1 is 1.44 bits per heavy atom. The highest BCUT2D eigenvalue weighted by Gasteiger charge is 2.23. The summed E-state index contributed by atoms with van der Waals surface area (Å²) < 4.78 is 28.6. The Labute approximate surface area is 120 Å². The lowest BCUT2D eigenvalue weighted by Gasteiger charge is -2.15. The molecule has 0 aliphatic carbocycles. The molecule has 1 fully saturated rings. The normalized spacial score (nSPS) is 21.8. The third kappa shape index (κ3) is 3.54. The zero-order valence-electron chi connectivity index (χ0n) is 10.2. The second kappa shape index (κ2) is 6.00. The minimum Gasteiger partial charge on any atom is -0.317 e. The molecule has 0 aromatic carbocycles. The van der Waals surface area contributed by atoms with Crippen molar-refractivity contribution in [3.63, 3.8) is 0 Å². The largest absolute Gasteiger partial charge is 0.317 e. The van der Waals surface area contributed by atoms with Gasteiger partial charge in [-0.05, 0) is 66.8 Å². The highest BCUT2D eigenvalue weighted by Crippen LogP contribution is 2.30. The molecule has 4 nitrogen and oxygen atoms in total. The Balaban J connectivity index is 2.11. The van der Waals surface area contributed by atoms with E-state index < -0.39 is 10.0 Å². The molecule has 2 heterocycles. The van der Waals surface area contributed by atoms with Gasteiger partial charge < -0.3 is 5.32 Å². The predicted octanol–water partition coefficient (Wildman–Crippen LogP) is 2.24. The van der Waals surface area contributed by atoms with E-state index in [1.807, 2.05) is 6.92 Å². The molecule has 0 amide bonds. The summed E-state index contributed by atoms with van der Waals surface area (Å²) in [4.78, 5) is 0. The van der Waals surface area contributed by atoms with Crippen LogP contribution in [0.25, 0.3) is 0 Å². The first-order chi connectivity index (χ1) is 8.49. The highest BCUT2D eigenvalue weighted by molar-refractivity contribution is 9.11. The molecule has 7 heteroatoms. The van der Waals surface area contributed by atoms with E-state index in [9.17, 15) is 8.42 Å². The smallest absolute Gasteiger partial charge is 0.250 e. The maximum absolute atomic E-state index is 12.2. The van der Waals surface area contributed by atoms with E-state index in [2.05, 4.69) is 26.0 Å². The van der Waals surface area contributed by atoms with Gasteiger partial charge >= 0.3 is 0 Å². The molecule has 2 rings (SSSR count). The van der Waals surface area contributed by atoms with Crippen molar-refractivity contribution in [1.82, 2.24) is 10.0 Å². The highest BCUT2D eigenvalue weighted by atomic mass is 79.9. The van der Waals surface area contributed by atoms with Crippen LogP contribution in [0.15, 0.2) is 14.1 Å². The fraction of sp³-hybridized carbons (Fsp3) is 0.636. The van der Waals surface area contributed by atoms with Crippen LogP contribution in [-0.2, 0) is 10.0 Å². The van der Waals surface area contributed by atoms with Crippen LogP contribution in [0.5, 0.6) is 0 Å². The Morgan fingerprint density at radius 2 is 2.22 bits per heavy atom. The van der Waals surface area contributed by atoms with Crippen molar-refractivity contribution in [2.45, 2.75) is 36.4 Å². The minimum atomic E-state index is -3.37. The van der Waals surface area contributed by atoms with Crippen molar-refractivity contribution in [3.05, 3.63) is 15.4 Å². The van der Waals surface area contributed by atoms with E-state index >= 15 is 0 Å². The third-order valence-corrected chi connectivity index (χ3v) is 7.13. The minimum absolute atomic E-state index is 0.0474. The summed E-state index contributed by atoms with van der Waals surface area (Å²) in [6, 6.07) is 1.76. The zero-order chi connectivity index (χ0) is 13.2. The van der Waals surface area contributed by atoms with Gasteiger partial charge in [0.2, 0.25) is 10.0 Å². The van der Waals surface area contributed by atoms with Crippen LogP contribution in [0.2, 0.25) is 0 Å². The Kier molecular flexibility index (Phi) is 4.82. The van der Waals surface area contributed by atoms with Gasteiger partial charge in [0, 0.05) is 6.04 Å². The molecule has 1 aromatic heterocycles. The molecule has 0 spiro atoms. The van der Waals surface area contributed by atoms with Crippen LogP contribution in [0.1, 0.15) is 24.8 Å². The summed E-state index contributed by atoms with van der Waals surface area (Å²) >= 11 is 4.63. The number of nitrogens with one attached hydrogen (secondary N) is 2. The average Bonchev–Trinajstić information content (AvgIpc) is 2.53. The first-order valence-electron chi connectivity index (χ1n) is 5.98. The summed E-state index contributed by atoms with van der Waals surface area (Å²) in [5, 5.41) is 3.28. The van der Waals surface area contributed by atoms with Gasteiger partial charge in [0.15, 0.2) is 0 Å². The summed E-state index contributed by atoms with van der Waals surface area (Å²) in [5.41, 5.74) is 0.961. The average molecular weight is 353 g/mol. The van der Waals surface area contributed by atoms with Gasteiger partial charge in [0.25, 0.3) is 0 Å². The molecule has 1 aromatic rings. The SMILES string of the molecule is Cc1cc(S(=O)(=O)NC2CCCNCC2)sc1Br. The topological polar surface area (TPSA) is 58.2 Å². The molecular weight excluding hydrogens is 336 g/mol. The standard InChI is InChI=1S/C11H17BrN2O2S2/c1-8-7-10(17-11(8)12)18(15,16)14-9-3-2-5-13-6-4-9/h7,9,13-14H,2-6H2,1H3. The molecule has 0 bridgehead atoms. The van der Waals surface area contributed by atoms with Crippen LogP contribution >= 0.6 is 27.3 Å². The molecule has 102 valence electrons. The maximum Gasteiger partial charge on any atom is 0.250 e. The zero-order valence-corrected chi connectivity index (χ0v) is 13.4. The first-order valence-corrected chi connectivity index (χ1v) is 9.07. The van der Waals surface area contributed by atoms with Crippen molar-refractivity contribution in [2.24, 2.45) is 0 Å². The molecule has 0 radical (unpaired) electrons. The molecule has 0 saturated carbocycles. The molecule has 18 heavy (non-hydrogen) atoms. The van der Waals surface area contributed by atoms with Crippen LogP contribution in [0, 0.1) is 6.92 Å². The van der Waals surface area contributed by atoms with Crippen LogP contribution in [0.4, 0.5) is 0 Å². The number of halogens is 1. The van der Waals surface area contributed by atoms with E-state index in [1.165, 1.54) is 11.3 Å². The summed E-state index contributed by atoms with van der Waals surface area (Å²) in [6.45, 7) is 3.75. The number of hydrogen-bond acceptors (Lipinski definition) is 4. The monoisotopic (exact) mass is 352 g/mol. The van der Waals surface area contributed by atoms with E-state index in [-0.39, 0.29) is 6.04 Å². The van der Waals surface area contributed by atoms with E-state index in [0.29, 0.717) is 4.21 Å². The Bertz CT molecular complexity index is 486. The number of aryl methyl sites for hydroxylation is 1. The van der Waals surface area contributed by atoms with Crippen LogP contribution < -0.4 is 10.0 Å². The third-order valence-electron chi connectivity index (χ3n) is 3.00. The summed E-state index contributed by atoms with van der Waals surface area (Å²) in [6.07, 6.45) is 2.77. The van der Waals surface area contributed by atoms with Crippen molar-refractivity contribution in [3.8, 4) is 0 Å². The number of thiophene rings is 1. The van der Waals surface area contributed by atoms with Gasteiger partial charge in [0.05, 0.1) is 3.79 Å². The van der Waals surface area contributed by atoms with Gasteiger partial charge in [-0.2, -0.15) is 0 Å². The maximum atomic E-state index is 12.2. The first kappa shape index (κ1) is 14.5. The van der Waals surface area contributed by atoms with E-state index in [0.717, 1.165) is 41.7 Å². The lowest BCUT2D eigenvalue weighted by Crippen LogP contribution is -2.35. The number of sulfonamides is 1. The van der Waals surface area contributed by atoms with Crippen LogP contribution in [-0.4, -0.2) is 27.5 Å². The van der Waals surface area contributed by atoms with Gasteiger partial charge in [-0.15, -0.1) is 11.3 Å². The van der Waals surface area contributed by atoms with Gasteiger partial charge in [-0.3, -0.25) is 0 Å².